The summed E-state index contributed by atoms with van der Waals surface area (Å²) in [6, 6.07) is 2.36. The van der Waals surface area contributed by atoms with Gasteiger partial charge in [0, 0.05) is 29.5 Å². The van der Waals surface area contributed by atoms with Crippen molar-refractivity contribution in [2.24, 2.45) is 5.73 Å². The summed E-state index contributed by atoms with van der Waals surface area (Å²) in [6.07, 6.45) is 7.10. The number of hydrogen-bond acceptors (Lipinski definition) is 3. The molecule has 2 aromatic rings. The first kappa shape index (κ1) is 10.4. The summed E-state index contributed by atoms with van der Waals surface area (Å²) in [4.78, 5) is 5.33. The molecule has 2 rings (SSSR count). The lowest BCUT2D eigenvalue weighted by atomic mass is 10.1. The average molecular weight is 221 g/mol. The third-order valence-electron chi connectivity index (χ3n) is 2.19. The van der Waals surface area contributed by atoms with E-state index < -0.39 is 0 Å². The molecule has 2 aromatic heterocycles. The summed E-state index contributed by atoms with van der Waals surface area (Å²) < 4.78 is 2.17. The predicted molar refractivity (Wildman–Crippen MR) is 63.0 cm³/mol. The van der Waals surface area contributed by atoms with Crippen molar-refractivity contribution in [2.75, 3.05) is 0 Å². The molecule has 1 unspecified atom stereocenters. The molecule has 0 aliphatic rings. The van der Waals surface area contributed by atoms with E-state index in [0.29, 0.717) is 0 Å². The minimum atomic E-state index is 0.226. The molecule has 0 spiro atoms. The van der Waals surface area contributed by atoms with Crippen molar-refractivity contribution >= 4 is 11.3 Å². The van der Waals surface area contributed by atoms with Crippen LogP contribution in [0.5, 0.6) is 0 Å². The van der Waals surface area contributed by atoms with Crippen molar-refractivity contribution in [3.05, 3.63) is 40.6 Å². The van der Waals surface area contributed by atoms with Crippen molar-refractivity contribution in [3.63, 3.8) is 0 Å². The lowest BCUT2D eigenvalue weighted by Gasteiger charge is -2.01. The normalized spacial score (nSPS) is 12.9. The maximum absolute atomic E-state index is 5.75. The van der Waals surface area contributed by atoms with Crippen LogP contribution in [0, 0.1) is 0 Å². The number of nitrogens with zero attached hydrogens (tertiary/aromatic N) is 2. The average Bonchev–Trinajstić information content (AvgIpc) is 2.77. The van der Waals surface area contributed by atoms with E-state index in [9.17, 15) is 0 Å². The van der Waals surface area contributed by atoms with Crippen LogP contribution < -0.4 is 5.73 Å². The summed E-state index contributed by atoms with van der Waals surface area (Å²) in [5.74, 6) is 0. The molecule has 0 aromatic carbocycles. The Morgan fingerprint density at radius 1 is 1.60 bits per heavy atom. The highest BCUT2D eigenvalue weighted by Gasteiger charge is 2.01. The minimum absolute atomic E-state index is 0.226. The standard InChI is InChI=1S/C11H15N3S/c1-9(12)4-10-2-3-14(6-10)7-11-5-13-8-15-11/h2-3,5-6,8-9H,4,7,12H2,1H3. The minimum Gasteiger partial charge on any atom is -0.349 e. The largest absolute Gasteiger partial charge is 0.349 e. The Kier molecular flexibility index (Phi) is 3.18. The van der Waals surface area contributed by atoms with Gasteiger partial charge >= 0.3 is 0 Å². The number of hydrogen-bond donors (Lipinski definition) is 1. The Morgan fingerprint density at radius 2 is 2.47 bits per heavy atom. The monoisotopic (exact) mass is 221 g/mol. The molecule has 3 nitrogen and oxygen atoms in total. The Bertz CT molecular complexity index is 403. The fraction of sp³-hybridized carbons (Fsp3) is 0.364. The summed E-state index contributed by atoms with van der Waals surface area (Å²) in [6.45, 7) is 2.93. The molecule has 0 aliphatic heterocycles. The van der Waals surface area contributed by atoms with Gasteiger partial charge in [-0.15, -0.1) is 11.3 Å². The van der Waals surface area contributed by atoms with Gasteiger partial charge in [0.25, 0.3) is 0 Å². The highest BCUT2D eigenvalue weighted by molar-refractivity contribution is 7.09. The molecular weight excluding hydrogens is 206 g/mol. The van der Waals surface area contributed by atoms with Gasteiger partial charge in [-0.25, -0.2) is 0 Å². The van der Waals surface area contributed by atoms with E-state index in [1.54, 1.807) is 11.3 Å². The van der Waals surface area contributed by atoms with Crippen molar-refractivity contribution in [2.45, 2.75) is 25.9 Å². The van der Waals surface area contributed by atoms with Crippen LogP contribution in [0.1, 0.15) is 17.4 Å². The lowest BCUT2D eigenvalue weighted by molar-refractivity contribution is 0.732. The maximum Gasteiger partial charge on any atom is 0.0794 e. The van der Waals surface area contributed by atoms with Gasteiger partial charge in [-0.1, -0.05) is 0 Å². The molecule has 2 heterocycles. The third-order valence-corrected chi connectivity index (χ3v) is 2.96. The molecule has 1 atom stereocenters. The molecule has 0 saturated carbocycles. The number of thiazole rings is 1. The molecule has 0 amide bonds. The summed E-state index contributed by atoms with van der Waals surface area (Å²) >= 11 is 1.68. The van der Waals surface area contributed by atoms with Gasteiger partial charge in [0.05, 0.1) is 12.1 Å². The predicted octanol–water partition coefficient (Wildman–Crippen LogP) is 1.88. The fourth-order valence-corrected chi connectivity index (χ4v) is 2.18. The molecule has 4 heteroatoms. The van der Waals surface area contributed by atoms with Crippen LogP contribution in [0.4, 0.5) is 0 Å². The number of nitrogens with two attached hydrogens (primary N) is 1. The summed E-state index contributed by atoms with van der Waals surface area (Å²) in [5, 5.41) is 0. The molecule has 0 radical (unpaired) electrons. The first-order chi connectivity index (χ1) is 7.24. The fourth-order valence-electron chi connectivity index (χ4n) is 1.58. The molecule has 0 fully saturated rings. The van der Waals surface area contributed by atoms with Gasteiger partial charge in [-0.05, 0) is 25.0 Å². The number of aromatic nitrogens is 2. The molecule has 0 saturated heterocycles. The van der Waals surface area contributed by atoms with Gasteiger partial charge in [0.2, 0.25) is 0 Å². The zero-order valence-electron chi connectivity index (χ0n) is 8.76. The second kappa shape index (κ2) is 4.59. The van der Waals surface area contributed by atoms with Crippen LogP contribution in [-0.2, 0) is 13.0 Å². The van der Waals surface area contributed by atoms with E-state index in [1.807, 2.05) is 18.6 Å². The molecule has 15 heavy (non-hydrogen) atoms. The molecular formula is C11H15N3S. The highest BCUT2D eigenvalue weighted by atomic mass is 32.1. The SMILES string of the molecule is CC(N)Cc1ccn(Cc2cncs2)c1. The van der Waals surface area contributed by atoms with Gasteiger partial charge in [-0.2, -0.15) is 0 Å². The van der Waals surface area contributed by atoms with Gasteiger partial charge in [0.1, 0.15) is 0 Å². The van der Waals surface area contributed by atoms with Crippen molar-refractivity contribution in [1.82, 2.24) is 9.55 Å². The first-order valence-corrected chi connectivity index (χ1v) is 5.89. The van der Waals surface area contributed by atoms with E-state index in [-0.39, 0.29) is 6.04 Å². The van der Waals surface area contributed by atoms with Gasteiger partial charge in [0.15, 0.2) is 0 Å². The highest BCUT2D eigenvalue weighted by Crippen LogP contribution is 2.10. The Labute approximate surface area is 93.6 Å². The van der Waals surface area contributed by atoms with Crippen LogP contribution in [0.3, 0.4) is 0 Å². The van der Waals surface area contributed by atoms with Crippen LogP contribution in [-0.4, -0.2) is 15.6 Å². The van der Waals surface area contributed by atoms with Crippen LogP contribution in [0.15, 0.2) is 30.2 Å². The Hall–Kier alpha value is -1.13. The van der Waals surface area contributed by atoms with Crippen LogP contribution in [0.25, 0.3) is 0 Å². The topological polar surface area (TPSA) is 43.8 Å². The van der Waals surface area contributed by atoms with E-state index in [2.05, 4.69) is 28.0 Å². The van der Waals surface area contributed by atoms with Gasteiger partial charge < -0.3 is 10.3 Å². The zero-order valence-corrected chi connectivity index (χ0v) is 9.57. The molecule has 0 bridgehead atoms. The van der Waals surface area contributed by atoms with E-state index >= 15 is 0 Å². The Balaban J connectivity index is 2.01. The quantitative estimate of drug-likeness (QED) is 0.856. The number of rotatable bonds is 4. The molecule has 0 aliphatic carbocycles. The smallest absolute Gasteiger partial charge is 0.0794 e. The zero-order chi connectivity index (χ0) is 10.7. The van der Waals surface area contributed by atoms with E-state index in [0.717, 1.165) is 13.0 Å². The van der Waals surface area contributed by atoms with Crippen molar-refractivity contribution < 1.29 is 0 Å². The van der Waals surface area contributed by atoms with Crippen LogP contribution in [0.2, 0.25) is 0 Å². The van der Waals surface area contributed by atoms with Gasteiger partial charge in [-0.3, -0.25) is 4.98 Å². The van der Waals surface area contributed by atoms with E-state index in [4.69, 9.17) is 5.73 Å². The van der Waals surface area contributed by atoms with Crippen molar-refractivity contribution in [1.29, 1.82) is 0 Å². The second-order valence-corrected chi connectivity index (χ2v) is 4.81. The molecule has 2 N–H and O–H groups in total. The van der Waals surface area contributed by atoms with Crippen molar-refractivity contribution in [3.8, 4) is 0 Å². The Morgan fingerprint density at radius 3 is 3.13 bits per heavy atom. The first-order valence-electron chi connectivity index (χ1n) is 5.01. The summed E-state index contributed by atoms with van der Waals surface area (Å²) in [5.41, 5.74) is 8.92. The molecule has 80 valence electrons. The maximum atomic E-state index is 5.75. The van der Waals surface area contributed by atoms with E-state index in [1.165, 1.54) is 10.4 Å². The lowest BCUT2D eigenvalue weighted by Crippen LogP contribution is -2.17. The third kappa shape index (κ3) is 2.91. The summed E-state index contributed by atoms with van der Waals surface area (Å²) in [7, 11) is 0. The van der Waals surface area contributed by atoms with Crippen LogP contribution >= 0.6 is 11.3 Å². The second-order valence-electron chi connectivity index (χ2n) is 3.84.